The zero-order valence-electron chi connectivity index (χ0n) is 55.6. The van der Waals surface area contributed by atoms with E-state index in [0.29, 0.717) is 44.5 Å². The molecular weight excluding hydrogens is 1020 g/mol. The molecule has 0 amide bonds. The monoisotopic (exact) mass is 1110 g/mol. The average molecular weight is 1110 g/mol. The second-order valence-corrected chi connectivity index (χ2v) is 23.3. The predicted octanol–water partition coefficient (Wildman–Crippen LogP) is 17.4. The SMILES string of the molecule is [2H]c1nc(-c2[c-]c(-c3cccc4c3nc(-c3cc(C(C)(C)C)cc(C(C)(C)C)c3O)n4-c3ccc(-c4cc(C(C)(C)C)cc(C(C)(C)C)c4)cc3C([2H])([2H])[2H])cc(C(C)(C)C)c2)c([2H])c(-c2c([2H])c([2H])c(C([2H])([2H])[2H])c([2H])c2[2H])c1[2H].[Pt]. The molecule has 360 valence electrons. The molecule has 4 nitrogen and oxygen atoms in total. The van der Waals surface area contributed by atoms with Gasteiger partial charge in [-0.3, -0.25) is 9.55 Å². The fourth-order valence-electron chi connectivity index (χ4n) is 8.40. The van der Waals surface area contributed by atoms with Crippen LogP contribution in [-0.2, 0) is 48.1 Å². The molecular formula is C64H72N3OPt-. The molecule has 0 spiro atoms. The fraction of sp³-hybridized carbons (Fsp3) is 0.344. The maximum Gasteiger partial charge on any atom is 0.148 e. The summed E-state index contributed by atoms with van der Waals surface area (Å²) >= 11 is 0. The van der Waals surface area contributed by atoms with Crippen LogP contribution in [0.2, 0.25) is 0 Å². The molecule has 0 saturated carbocycles. The van der Waals surface area contributed by atoms with E-state index in [1.807, 2.05) is 94.6 Å². The van der Waals surface area contributed by atoms with Crippen LogP contribution in [0.3, 0.4) is 0 Å². The number of aromatic nitrogens is 3. The molecule has 0 radical (unpaired) electrons. The number of hydrogen-bond acceptors (Lipinski definition) is 3. The van der Waals surface area contributed by atoms with E-state index in [0.717, 1.165) is 27.8 Å². The molecule has 5 heteroatoms. The number of aromatic hydroxyl groups is 1. The van der Waals surface area contributed by atoms with Gasteiger partial charge in [0.2, 0.25) is 0 Å². The third-order valence-corrected chi connectivity index (χ3v) is 12.7. The second kappa shape index (κ2) is 18.3. The summed E-state index contributed by atoms with van der Waals surface area (Å²) in [6.45, 7) is 25.6. The van der Waals surface area contributed by atoms with E-state index >= 15 is 0 Å². The normalized spacial score (nSPS) is 15.7. The third-order valence-electron chi connectivity index (χ3n) is 12.7. The van der Waals surface area contributed by atoms with E-state index in [1.54, 1.807) is 12.1 Å². The van der Waals surface area contributed by atoms with E-state index in [1.165, 1.54) is 0 Å². The van der Waals surface area contributed by atoms with Crippen molar-refractivity contribution in [1.29, 1.82) is 0 Å². The van der Waals surface area contributed by atoms with Crippen molar-refractivity contribution in [3.63, 3.8) is 0 Å². The van der Waals surface area contributed by atoms with E-state index in [-0.39, 0.29) is 60.3 Å². The van der Waals surface area contributed by atoms with Crippen molar-refractivity contribution in [2.75, 3.05) is 0 Å². The number of phenolic OH excluding ortho intramolecular Hbond substituents is 1. The zero-order chi connectivity index (χ0) is 60.6. The van der Waals surface area contributed by atoms with E-state index in [2.05, 4.69) is 91.6 Å². The number of para-hydroxylation sites is 1. The van der Waals surface area contributed by atoms with Gasteiger partial charge in [0.25, 0.3) is 0 Å². The molecule has 8 rings (SSSR count). The van der Waals surface area contributed by atoms with Crippen molar-refractivity contribution < 1.29 is 44.0 Å². The van der Waals surface area contributed by atoms with Crippen molar-refractivity contribution in [3.8, 4) is 67.5 Å². The van der Waals surface area contributed by atoms with E-state index in [9.17, 15) is 10.6 Å². The summed E-state index contributed by atoms with van der Waals surface area (Å²) in [7, 11) is 0. The van der Waals surface area contributed by atoms with Gasteiger partial charge in [0, 0.05) is 46.7 Å². The predicted molar refractivity (Wildman–Crippen MR) is 290 cm³/mol. The van der Waals surface area contributed by atoms with Crippen LogP contribution < -0.4 is 0 Å². The Morgan fingerprint density at radius 2 is 1.17 bits per heavy atom. The van der Waals surface area contributed by atoms with Crippen LogP contribution in [0.25, 0.3) is 72.7 Å². The summed E-state index contributed by atoms with van der Waals surface area (Å²) in [5.74, 6) is 0.262. The van der Waals surface area contributed by atoms with Crippen LogP contribution in [0.1, 0.15) is 161 Å². The molecule has 0 atom stereocenters. The number of hydrogen-bond donors (Lipinski definition) is 1. The third kappa shape index (κ3) is 10.5. The minimum atomic E-state index is -3.00. The molecule has 2 aromatic heterocycles. The number of fused-ring (bicyclic) bond motifs is 1. The maximum atomic E-state index is 12.6. The van der Waals surface area contributed by atoms with Gasteiger partial charge in [0.05, 0.1) is 31.9 Å². The Labute approximate surface area is 446 Å². The minimum absolute atomic E-state index is 0. The van der Waals surface area contributed by atoms with Gasteiger partial charge in [-0.05, 0) is 116 Å². The van der Waals surface area contributed by atoms with Gasteiger partial charge >= 0.3 is 0 Å². The number of rotatable bonds is 6. The van der Waals surface area contributed by atoms with Gasteiger partial charge in [-0.2, -0.15) is 0 Å². The number of aryl methyl sites for hydroxylation is 1. The van der Waals surface area contributed by atoms with E-state index < -0.39 is 89.1 Å². The van der Waals surface area contributed by atoms with Gasteiger partial charge in [-0.1, -0.05) is 193 Å². The van der Waals surface area contributed by atoms with Gasteiger partial charge in [-0.15, -0.1) is 29.3 Å². The van der Waals surface area contributed by atoms with Gasteiger partial charge < -0.3 is 5.11 Å². The second-order valence-electron chi connectivity index (χ2n) is 23.3. The van der Waals surface area contributed by atoms with Crippen molar-refractivity contribution in [2.24, 2.45) is 0 Å². The summed E-state index contributed by atoms with van der Waals surface area (Å²) < 4.78 is 116. The van der Waals surface area contributed by atoms with Crippen LogP contribution in [-0.4, -0.2) is 19.6 Å². The Kier molecular flexibility index (Phi) is 9.65. The Morgan fingerprint density at radius 3 is 1.77 bits per heavy atom. The first-order valence-corrected chi connectivity index (χ1v) is 23.3. The molecule has 0 fully saturated rings. The summed E-state index contributed by atoms with van der Waals surface area (Å²) in [6, 6.07) is 24.2. The maximum absolute atomic E-state index is 12.6. The Bertz CT molecular complexity index is 3800. The zero-order valence-corrected chi connectivity index (χ0v) is 44.9. The summed E-state index contributed by atoms with van der Waals surface area (Å²) in [6.07, 6.45) is -0.631. The number of imidazole rings is 1. The van der Waals surface area contributed by atoms with Crippen LogP contribution in [0.5, 0.6) is 5.75 Å². The Balaban J connectivity index is 0.00000968. The molecule has 6 aromatic carbocycles. The first-order valence-electron chi connectivity index (χ1n) is 29.8. The van der Waals surface area contributed by atoms with Crippen LogP contribution >= 0.6 is 0 Å². The quantitative estimate of drug-likeness (QED) is 0.169. The Morgan fingerprint density at radius 1 is 0.565 bits per heavy atom. The number of pyridine rings is 1. The number of phenols is 1. The average Bonchev–Trinajstić information content (AvgIpc) is 2.95. The van der Waals surface area contributed by atoms with Crippen molar-refractivity contribution in [3.05, 3.63) is 166 Å². The van der Waals surface area contributed by atoms with Crippen molar-refractivity contribution in [1.82, 2.24) is 14.5 Å². The summed E-state index contributed by atoms with van der Waals surface area (Å²) in [5, 5.41) is 12.6. The molecule has 2 heterocycles. The van der Waals surface area contributed by atoms with Gasteiger partial charge in [-0.25, -0.2) is 4.98 Å². The number of nitrogens with zero attached hydrogens (tertiary/aromatic N) is 3. The summed E-state index contributed by atoms with van der Waals surface area (Å²) in [5.41, 5.74) is 5.14. The summed E-state index contributed by atoms with van der Waals surface area (Å²) in [4.78, 5) is 9.87. The van der Waals surface area contributed by atoms with Crippen LogP contribution in [0.15, 0.2) is 121 Å². The molecule has 0 aliphatic heterocycles. The van der Waals surface area contributed by atoms with Crippen molar-refractivity contribution >= 4 is 11.0 Å². The van der Waals surface area contributed by atoms with E-state index in [4.69, 9.17) is 17.3 Å². The Hall–Kier alpha value is -5.57. The molecule has 69 heavy (non-hydrogen) atoms. The fourth-order valence-corrected chi connectivity index (χ4v) is 8.40. The van der Waals surface area contributed by atoms with Gasteiger partial charge in [0.1, 0.15) is 11.6 Å². The smallest absolute Gasteiger partial charge is 0.148 e. The largest absolute Gasteiger partial charge is 0.507 e. The van der Waals surface area contributed by atoms with Crippen LogP contribution in [0.4, 0.5) is 0 Å². The number of benzene rings is 6. The molecule has 8 aromatic rings. The molecule has 0 bridgehead atoms. The molecule has 0 aliphatic carbocycles. The first-order chi connectivity index (χ1) is 36.9. The topological polar surface area (TPSA) is 50.9 Å². The minimum Gasteiger partial charge on any atom is -0.507 e. The van der Waals surface area contributed by atoms with Gasteiger partial charge in [0.15, 0.2) is 0 Å². The molecule has 1 N–H and O–H groups in total. The molecule has 0 unspecified atom stereocenters. The molecule has 0 saturated heterocycles. The molecule has 0 aliphatic rings. The van der Waals surface area contributed by atoms with Crippen LogP contribution in [0, 0.1) is 19.8 Å². The standard InChI is InChI=1S/C64H72N3O.Pt/c1-39-21-23-41(24-22-39)43-27-28-65-54(35-43)46-30-45(33-47(34-46)60(3,4)5)51-19-18-20-56-57(51)66-59(52-37-50(63(12,13)14)38-53(58(52)68)64(15,16)17)67(56)55-26-25-42(29-40(55)2)44-31-48(61(6,7)8)36-49(32-44)62(9,10)11;/h18-29,31-38,68H,1-17H3;/q-1;/i1D3,2D3,21D,22D,23D,24D,27D,28D,35D;. The van der Waals surface area contributed by atoms with Crippen molar-refractivity contribution in [2.45, 2.75) is 145 Å². The first kappa shape index (κ1) is 36.4.